The number of nitrogens with zero attached hydrogens (tertiary/aromatic N) is 1. The normalized spacial score (nSPS) is 12.2. The third-order valence-corrected chi connectivity index (χ3v) is 4.02. The van der Waals surface area contributed by atoms with Crippen LogP contribution in [0.1, 0.15) is 16.7 Å². The zero-order valence-electron chi connectivity index (χ0n) is 13.9. The van der Waals surface area contributed by atoms with Gasteiger partial charge in [-0.3, -0.25) is 0 Å². The molecular weight excluding hydrogens is 368 g/mol. The fourth-order valence-electron chi connectivity index (χ4n) is 2.67. The molecule has 0 saturated carbocycles. The van der Waals surface area contributed by atoms with Crippen LogP contribution in [-0.4, -0.2) is 0 Å². The summed E-state index contributed by atoms with van der Waals surface area (Å²) in [7, 11) is 0. The number of hydrogen-bond donors (Lipinski definition) is 0. The van der Waals surface area contributed by atoms with E-state index < -0.39 is 23.5 Å². The topological polar surface area (TPSA) is 3.88 Å². The molecule has 0 fully saturated rings. The average Bonchev–Trinajstić information content (AvgIpc) is 2.61. The summed E-state index contributed by atoms with van der Waals surface area (Å²) < 4.78 is 79.7. The Bertz CT molecular complexity index is 880. The summed E-state index contributed by atoms with van der Waals surface area (Å²) in [5, 5.41) is 0. The maximum absolute atomic E-state index is 13.0. The molecule has 1 nitrogen and oxygen atoms in total. The van der Waals surface area contributed by atoms with Gasteiger partial charge >= 0.3 is 12.4 Å². The molecule has 0 N–H and O–H groups in total. The summed E-state index contributed by atoms with van der Waals surface area (Å²) in [6, 6.07) is 14.1. The molecule has 0 aliphatic rings. The first kappa shape index (κ1) is 18.9. The summed E-state index contributed by atoms with van der Waals surface area (Å²) >= 11 is 0. The van der Waals surface area contributed by atoms with Crippen LogP contribution in [0, 0.1) is 0 Å². The zero-order valence-corrected chi connectivity index (χ0v) is 13.9. The number of halogens is 6. The minimum atomic E-state index is -4.86. The monoisotopic (exact) mass is 382 g/mol. The summed E-state index contributed by atoms with van der Waals surface area (Å²) in [4.78, 5) is 0. The lowest BCUT2D eigenvalue weighted by Crippen LogP contribution is -2.32. The second-order valence-electron chi connectivity index (χ2n) is 6.04. The van der Waals surface area contributed by atoms with Crippen molar-refractivity contribution in [2.24, 2.45) is 0 Å². The van der Waals surface area contributed by atoms with Crippen LogP contribution < -0.4 is 4.57 Å². The van der Waals surface area contributed by atoms with E-state index >= 15 is 0 Å². The zero-order chi connectivity index (χ0) is 19.7. The van der Waals surface area contributed by atoms with Crippen molar-refractivity contribution in [2.45, 2.75) is 18.9 Å². The second kappa shape index (κ2) is 7.06. The van der Waals surface area contributed by atoms with E-state index in [-0.39, 0.29) is 17.2 Å². The van der Waals surface area contributed by atoms with Crippen LogP contribution in [0.5, 0.6) is 0 Å². The molecule has 0 aliphatic carbocycles. The van der Waals surface area contributed by atoms with Crippen molar-refractivity contribution >= 4 is 0 Å². The van der Waals surface area contributed by atoms with Crippen molar-refractivity contribution < 1.29 is 30.9 Å². The standard InChI is InChI=1S/C20H14F6N/c21-19(22,23)17-10-16(11-18(12-17)20(24,25)26)15-6-8-27(9-7-15)13-14-4-2-1-3-5-14/h1-12H,13H2/q+1. The third kappa shape index (κ3) is 4.67. The van der Waals surface area contributed by atoms with E-state index in [1.807, 2.05) is 30.3 Å². The van der Waals surface area contributed by atoms with Gasteiger partial charge in [-0.05, 0) is 29.3 Å². The minimum absolute atomic E-state index is 0.127. The SMILES string of the molecule is FC(F)(F)c1cc(-c2cc[n+](Cc3ccccc3)cc2)cc(C(F)(F)F)c1. The molecule has 3 aromatic rings. The molecule has 7 heteroatoms. The highest BCUT2D eigenvalue weighted by atomic mass is 19.4. The van der Waals surface area contributed by atoms with Gasteiger partial charge in [0.2, 0.25) is 0 Å². The highest BCUT2D eigenvalue weighted by molar-refractivity contribution is 5.65. The smallest absolute Gasteiger partial charge is 0.201 e. The van der Waals surface area contributed by atoms with E-state index in [1.54, 1.807) is 17.0 Å². The molecule has 1 heterocycles. The molecule has 27 heavy (non-hydrogen) atoms. The molecule has 0 spiro atoms. The van der Waals surface area contributed by atoms with Crippen LogP contribution in [0.15, 0.2) is 73.1 Å². The Hall–Kier alpha value is -2.83. The van der Waals surface area contributed by atoms with Gasteiger partial charge in [-0.2, -0.15) is 26.3 Å². The fraction of sp³-hybridized carbons (Fsp3) is 0.150. The number of benzene rings is 2. The maximum Gasteiger partial charge on any atom is 0.416 e. The molecular formula is C20H14F6N+. The molecule has 0 bridgehead atoms. The molecule has 1 aromatic heterocycles. The largest absolute Gasteiger partial charge is 0.416 e. The van der Waals surface area contributed by atoms with Gasteiger partial charge in [0, 0.05) is 17.7 Å². The number of hydrogen-bond acceptors (Lipinski definition) is 0. The summed E-state index contributed by atoms with van der Waals surface area (Å²) in [5.41, 5.74) is -1.49. The first-order valence-corrected chi connectivity index (χ1v) is 7.96. The van der Waals surface area contributed by atoms with E-state index in [0.29, 0.717) is 6.54 Å². The quantitative estimate of drug-likeness (QED) is 0.403. The van der Waals surface area contributed by atoms with E-state index in [0.717, 1.165) is 17.7 Å². The van der Waals surface area contributed by atoms with Crippen molar-refractivity contribution in [2.75, 3.05) is 0 Å². The number of pyridine rings is 1. The average molecular weight is 382 g/mol. The molecule has 2 aromatic carbocycles. The van der Waals surface area contributed by atoms with Crippen molar-refractivity contribution in [3.63, 3.8) is 0 Å². The van der Waals surface area contributed by atoms with Gasteiger partial charge in [0.1, 0.15) is 0 Å². The molecule has 3 rings (SSSR count). The molecule has 0 saturated heterocycles. The van der Waals surface area contributed by atoms with Crippen molar-refractivity contribution in [1.29, 1.82) is 0 Å². The Balaban J connectivity index is 1.95. The van der Waals surface area contributed by atoms with Crippen LogP contribution in [0.25, 0.3) is 11.1 Å². The Morgan fingerprint density at radius 1 is 0.630 bits per heavy atom. The molecule has 140 valence electrons. The Labute approximate surface area is 151 Å². The molecule has 0 atom stereocenters. The van der Waals surface area contributed by atoms with E-state index in [1.165, 1.54) is 12.1 Å². The minimum Gasteiger partial charge on any atom is -0.201 e. The molecule has 0 amide bonds. The van der Waals surface area contributed by atoms with Crippen molar-refractivity contribution in [1.82, 2.24) is 0 Å². The van der Waals surface area contributed by atoms with Crippen LogP contribution in [-0.2, 0) is 18.9 Å². The Morgan fingerprint density at radius 2 is 1.15 bits per heavy atom. The van der Waals surface area contributed by atoms with Gasteiger partial charge in [0.25, 0.3) is 0 Å². The van der Waals surface area contributed by atoms with E-state index in [9.17, 15) is 26.3 Å². The highest BCUT2D eigenvalue weighted by Crippen LogP contribution is 2.38. The third-order valence-electron chi connectivity index (χ3n) is 4.02. The summed E-state index contributed by atoms with van der Waals surface area (Å²) in [5.74, 6) is 0. The predicted octanol–water partition coefficient (Wildman–Crippen LogP) is 5.73. The molecule has 0 aliphatic heterocycles. The van der Waals surface area contributed by atoms with Gasteiger partial charge in [-0.1, -0.05) is 30.3 Å². The fourth-order valence-corrected chi connectivity index (χ4v) is 2.67. The highest BCUT2D eigenvalue weighted by Gasteiger charge is 2.37. The van der Waals surface area contributed by atoms with Gasteiger partial charge < -0.3 is 0 Å². The lowest BCUT2D eigenvalue weighted by molar-refractivity contribution is -0.688. The van der Waals surface area contributed by atoms with E-state index in [4.69, 9.17) is 0 Å². The number of alkyl halides is 6. The van der Waals surface area contributed by atoms with Gasteiger partial charge in [0.05, 0.1) is 11.1 Å². The van der Waals surface area contributed by atoms with E-state index in [2.05, 4.69) is 0 Å². The van der Waals surface area contributed by atoms with Crippen LogP contribution >= 0.6 is 0 Å². The number of rotatable bonds is 3. The second-order valence-corrected chi connectivity index (χ2v) is 6.04. The predicted molar refractivity (Wildman–Crippen MR) is 87.6 cm³/mol. The molecule has 0 radical (unpaired) electrons. The van der Waals surface area contributed by atoms with Crippen LogP contribution in [0.4, 0.5) is 26.3 Å². The van der Waals surface area contributed by atoms with Gasteiger partial charge in [-0.25, -0.2) is 4.57 Å². The number of aromatic nitrogens is 1. The summed E-state index contributed by atoms with van der Waals surface area (Å²) in [6.07, 6.45) is -6.48. The lowest BCUT2D eigenvalue weighted by atomic mass is 10.00. The maximum atomic E-state index is 13.0. The Kier molecular flexibility index (Phi) is 4.95. The summed E-state index contributed by atoms with van der Waals surface area (Å²) in [6.45, 7) is 0.539. The first-order valence-electron chi connectivity index (χ1n) is 7.96. The van der Waals surface area contributed by atoms with Crippen molar-refractivity contribution in [3.05, 3.63) is 89.7 Å². The van der Waals surface area contributed by atoms with Crippen LogP contribution in [0.2, 0.25) is 0 Å². The van der Waals surface area contributed by atoms with Gasteiger partial charge in [-0.15, -0.1) is 0 Å². The van der Waals surface area contributed by atoms with Crippen molar-refractivity contribution in [3.8, 4) is 11.1 Å². The lowest BCUT2D eigenvalue weighted by Gasteiger charge is -2.14. The molecule has 0 unspecified atom stereocenters. The first-order chi connectivity index (χ1) is 12.6. The van der Waals surface area contributed by atoms with Gasteiger partial charge in [0.15, 0.2) is 18.9 Å². The van der Waals surface area contributed by atoms with Crippen LogP contribution in [0.3, 0.4) is 0 Å². The Morgan fingerprint density at radius 3 is 1.63 bits per heavy atom.